The fourth-order valence-corrected chi connectivity index (χ4v) is 1.75. The van der Waals surface area contributed by atoms with Crippen LogP contribution < -0.4 is 0 Å². The standard InChI is InChI=1S/C13H13ClN2/c1-8-4-6-11(7-5-8)12-13(14)16-10(3)9(2)15-12/h4-7H,1-3H3. The van der Waals surface area contributed by atoms with Crippen molar-refractivity contribution in [2.75, 3.05) is 0 Å². The lowest BCUT2D eigenvalue weighted by atomic mass is 10.1. The molecular formula is C13H13ClN2. The van der Waals surface area contributed by atoms with Crippen LogP contribution in [-0.4, -0.2) is 9.97 Å². The molecule has 0 atom stereocenters. The molecule has 0 aliphatic carbocycles. The quantitative estimate of drug-likeness (QED) is 0.749. The van der Waals surface area contributed by atoms with E-state index in [2.05, 4.69) is 16.9 Å². The van der Waals surface area contributed by atoms with Gasteiger partial charge in [0.25, 0.3) is 0 Å². The first-order valence-corrected chi connectivity index (χ1v) is 5.53. The largest absolute Gasteiger partial charge is 0.248 e. The first-order valence-electron chi connectivity index (χ1n) is 5.15. The lowest BCUT2D eigenvalue weighted by Gasteiger charge is -2.06. The van der Waals surface area contributed by atoms with E-state index in [1.165, 1.54) is 5.56 Å². The van der Waals surface area contributed by atoms with Crippen molar-refractivity contribution in [3.05, 3.63) is 46.4 Å². The Bertz CT molecular complexity index is 518. The Hall–Kier alpha value is -1.41. The summed E-state index contributed by atoms with van der Waals surface area (Å²) in [4.78, 5) is 8.75. The van der Waals surface area contributed by atoms with Crippen molar-refractivity contribution in [3.63, 3.8) is 0 Å². The van der Waals surface area contributed by atoms with Crippen LogP contribution in [0.25, 0.3) is 11.3 Å². The minimum Gasteiger partial charge on any atom is -0.248 e. The SMILES string of the molecule is Cc1ccc(-c2nc(C)c(C)nc2Cl)cc1. The highest BCUT2D eigenvalue weighted by molar-refractivity contribution is 6.31. The van der Waals surface area contributed by atoms with E-state index in [-0.39, 0.29) is 0 Å². The highest BCUT2D eigenvalue weighted by atomic mass is 35.5. The number of hydrogen-bond acceptors (Lipinski definition) is 2. The Morgan fingerprint density at radius 3 is 2.06 bits per heavy atom. The molecule has 0 N–H and O–H groups in total. The molecule has 0 aliphatic rings. The molecule has 0 fully saturated rings. The van der Waals surface area contributed by atoms with Crippen molar-refractivity contribution in [1.29, 1.82) is 0 Å². The molecule has 3 heteroatoms. The van der Waals surface area contributed by atoms with Crippen molar-refractivity contribution in [1.82, 2.24) is 9.97 Å². The van der Waals surface area contributed by atoms with E-state index in [9.17, 15) is 0 Å². The summed E-state index contributed by atoms with van der Waals surface area (Å²) < 4.78 is 0. The Labute approximate surface area is 100 Å². The van der Waals surface area contributed by atoms with Gasteiger partial charge in [0.1, 0.15) is 5.69 Å². The third kappa shape index (κ3) is 2.07. The van der Waals surface area contributed by atoms with Crippen LogP contribution in [0.2, 0.25) is 5.15 Å². The van der Waals surface area contributed by atoms with Crippen molar-refractivity contribution in [2.24, 2.45) is 0 Å². The molecule has 0 aliphatic heterocycles. The van der Waals surface area contributed by atoms with Crippen molar-refractivity contribution >= 4 is 11.6 Å². The highest BCUT2D eigenvalue weighted by Crippen LogP contribution is 2.25. The minimum absolute atomic E-state index is 0.465. The van der Waals surface area contributed by atoms with Crippen molar-refractivity contribution < 1.29 is 0 Å². The van der Waals surface area contributed by atoms with Crippen molar-refractivity contribution in [2.45, 2.75) is 20.8 Å². The number of aromatic nitrogens is 2. The summed E-state index contributed by atoms with van der Waals surface area (Å²) >= 11 is 6.10. The molecule has 1 aromatic carbocycles. The monoisotopic (exact) mass is 232 g/mol. The molecule has 0 radical (unpaired) electrons. The van der Waals surface area contributed by atoms with Crippen LogP contribution in [0.1, 0.15) is 17.0 Å². The Morgan fingerprint density at radius 2 is 1.44 bits per heavy atom. The van der Waals surface area contributed by atoms with Crippen LogP contribution in [0.15, 0.2) is 24.3 Å². The normalized spacial score (nSPS) is 10.5. The lowest BCUT2D eigenvalue weighted by Crippen LogP contribution is -1.96. The topological polar surface area (TPSA) is 25.8 Å². The molecule has 2 aromatic rings. The third-order valence-corrected chi connectivity index (χ3v) is 2.85. The van der Waals surface area contributed by atoms with Gasteiger partial charge in [-0.15, -0.1) is 0 Å². The van der Waals surface area contributed by atoms with Gasteiger partial charge >= 0.3 is 0 Å². The maximum atomic E-state index is 6.10. The van der Waals surface area contributed by atoms with E-state index in [1.54, 1.807) is 0 Å². The van der Waals surface area contributed by atoms with E-state index < -0.39 is 0 Å². The molecule has 0 amide bonds. The van der Waals surface area contributed by atoms with E-state index in [0.717, 1.165) is 22.6 Å². The van der Waals surface area contributed by atoms with E-state index in [4.69, 9.17) is 11.6 Å². The molecule has 0 saturated heterocycles. The highest BCUT2D eigenvalue weighted by Gasteiger charge is 2.08. The van der Waals surface area contributed by atoms with Crippen LogP contribution in [0.5, 0.6) is 0 Å². The van der Waals surface area contributed by atoms with Gasteiger partial charge in [-0.25, -0.2) is 9.97 Å². The third-order valence-electron chi connectivity index (χ3n) is 2.59. The number of aryl methyl sites for hydroxylation is 3. The number of halogens is 1. The summed E-state index contributed by atoms with van der Waals surface area (Å²) in [6, 6.07) is 8.12. The molecule has 2 rings (SSSR count). The van der Waals surface area contributed by atoms with Gasteiger partial charge in [-0.2, -0.15) is 0 Å². The van der Waals surface area contributed by atoms with Gasteiger partial charge in [-0.3, -0.25) is 0 Å². The van der Waals surface area contributed by atoms with Gasteiger partial charge in [0.2, 0.25) is 0 Å². The van der Waals surface area contributed by atoms with Gasteiger partial charge < -0.3 is 0 Å². The Morgan fingerprint density at radius 1 is 0.875 bits per heavy atom. The first-order chi connectivity index (χ1) is 7.58. The number of rotatable bonds is 1. The second-order valence-electron chi connectivity index (χ2n) is 3.90. The van der Waals surface area contributed by atoms with Gasteiger partial charge in [-0.05, 0) is 20.8 Å². The van der Waals surface area contributed by atoms with Crippen LogP contribution >= 0.6 is 11.6 Å². The van der Waals surface area contributed by atoms with E-state index in [1.807, 2.05) is 38.1 Å². The van der Waals surface area contributed by atoms with Gasteiger partial charge in [0.15, 0.2) is 5.15 Å². The Balaban J connectivity index is 2.56. The van der Waals surface area contributed by atoms with Crippen LogP contribution in [0, 0.1) is 20.8 Å². The predicted octanol–water partition coefficient (Wildman–Crippen LogP) is 3.72. The smallest absolute Gasteiger partial charge is 0.155 e. The molecule has 2 nitrogen and oxygen atoms in total. The fraction of sp³-hybridized carbons (Fsp3) is 0.231. The summed E-state index contributed by atoms with van der Waals surface area (Å²) in [7, 11) is 0. The minimum atomic E-state index is 0.465. The molecule has 1 aromatic heterocycles. The Kier molecular flexibility index (Phi) is 2.92. The average molecular weight is 233 g/mol. The summed E-state index contributed by atoms with van der Waals surface area (Å²) in [6.45, 7) is 5.90. The molecule has 0 spiro atoms. The molecule has 0 bridgehead atoms. The fourth-order valence-electron chi connectivity index (χ4n) is 1.47. The maximum absolute atomic E-state index is 6.10. The number of hydrogen-bond donors (Lipinski definition) is 0. The van der Waals surface area contributed by atoms with E-state index >= 15 is 0 Å². The maximum Gasteiger partial charge on any atom is 0.155 e. The van der Waals surface area contributed by atoms with Crippen LogP contribution in [0.3, 0.4) is 0 Å². The lowest BCUT2D eigenvalue weighted by molar-refractivity contribution is 1.05. The van der Waals surface area contributed by atoms with Crippen LogP contribution in [0.4, 0.5) is 0 Å². The van der Waals surface area contributed by atoms with Gasteiger partial charge in [-0.1, -0.05) is 41.4 Å². The number of benzene rings is 1. The van der Waals surface area contributed by atoms with Gasteiger partial charge in [0.05, 0.1) is 11.4 Å². The molecular weight excluding hydrogens is 220 g/mol. The van der Waals surface area contributed by atoms with E-state index in [0.29, 0.717) is 5.15 Å². The number of nitrogens with zero attached hydrogens (tertiary/aromatic N) is 2. The molecule has 0 saturated carbocycles. The zero-order chi connectivity index (χ0) is 11.7. The second-order valence-corrected chi connectivity index (χ2v) is 4.26. The molecule has 1 heterocycles. The second kappa shape index (κ2) is 4.22. The summed E-state index contributed by atoms with van der Waals surface area (Å²) in [6.07, 6.45) is 0. The van der Waals surface area contributed by atoms with Gasteiger partial charge in [0, 0.05) is 5.56 Å². The van der Waals surface area contributed by atoms with Crippen LogP contribution in [-0.2, 0) is 0 Å². The summed E-state index contributed by atoms with van der Waals surface area (Å²) in [5.74, 6) is 0. The summed E-state index contributed by atoms with van der Waals surface area (Å²) in [5.41, 5.74) is 4.77. The zero-order valence-corrected chi connectivity index (χ0v) is 10.3. The molecule has 0 unspecified atom stereocenters. The zero-order valence-electron chi connectivity index (χ0n) is 9.58. The molecule has 82 valence electrons. The first kappa shape index (κ1) is 11.1. The predicted molar refractivity (Wildman–Crippen MR) is 66.7 cm³/mol. The average Bonchev–Trinajstić information content (AvgIpc) is 2.25. The summed E-state index contributed by atoms with van der Waals surface area (Å²) in [5, 5.41) is 0.465. The molecule has 16 heavy (non-hydrogen) atoms. The van der Waals surface area contributed by atoms with Crippen molar-refractivity contribution in [3.8, 4) is 11.3 Å².